The third kappa shape index (κ3) is 3.79. The van der Waals surface area contributed by atoms with Gasteiger partial charge in [0.25, 0.3) is 0 Å². The predicted molar refractivity (Wildman–Crippen MR) is 95.1 cm³/mol. The number of hydrogen-bond donors (Lipinski definition) is 2. The highest BCUT2D eigenvalue weighted by Crippen LogP contribution is 2.32. The molecule has 1 amide bonds. The first kappa shape index (κ1) is 16.2. The molecule has 0 aromatic heterocycles. The molecular formula is C19H22N2O3. The van der Waals surface area contributed by atoms with Gasteiger partial charge in [-0.05, 0) is 29.7 Å². The maximum Gasteiger partial charge on any atom is 0.243 e. The van der Waals surface area contributed by atoms with Gasteiger partial charge in [-0.25, -0.2) is 0 Å². The van der Waals surface area contributed by atoms with Crippen molar-refractivity contribution in [3.8, 4) is 11.5 Å². The summed E-state index contributed by atoms with van der Waals surface area (Å²) in [6.07, 6.45) is 0. The molecule has 2 aromatic carbocycles. The molecule has 0 radical (unpaired) electrons. The molecule has 0 spiro atoms. The molecule has 1 heterocycles. The summed E-state index contributed by atoms with van der Waals surface area (Å²) in [5.74, 6) is 1.71. The Kier molecular flexibility index (Phi) is 4.89. The van der Waals surface area contributed by atoms with Gasteiger partial charge in [0.1, 0.15) is 13.2 Å². The van der Waals surface area contributed by atoms with Gasteiger partial charge in [-0.2, -0.15) is 0 Å². The summed E-state index contributed by atoms with van der Waals surface area (Å²) in [5.41, 5.74) is 2.82. The highest BCUT2D eigenvalue weighted by Gasteiger charge is 2.13. The van der Waals surface area contributed by atoms with Gasteiger partial charge in [-0.3, -0.25) is 4.79 Å². The van der Waals surface area contributed by atoms with Crippen LogP contribution in [0.1, 0.15) is 25.3 Å². The maximum absolute atomic E-state index is 12.2. The van der Waals surface area contributed by atoms with Crippen LogP contribution in [0.25, 0.3) is 0 Å². The fourth-order valence-electron chi connectivity index (χ4n) is 2.64. The number of nitrogens with one attached hydrogen (secondary N) is 2. The average molecular weight is 326 g/mol. The molecule has 0 unspecified atom stereocenters. The number of rotatable bonds is 5. The van der Waals surface area contributed by atoms with Gasteiger partial charge < -0.3 is 20.1 Å². The minimum absolute atomic E-state index is 0.0852. The minimum Gasteiger partial charge on any atom is -0.486 e. The molecular weight excluding hydrogens is 304 g/mol. The zero-order valence-corrected chi connectivity index (χ0v) is 14.0. The lowest BCUT2D eigenvalue weighted by atomic mass is 10.0. The van der Waals surface area contributed by atoms with Crippen molar-refractivity contribution >= 4 is 17.3 Å². The maximum atomic E-state index is 12.2. The van der Waals surface area contributed by atoms with Crippen LogP contribution in [0.3, 0.4) is 0 Å². The summed E-state index contributed by atoms with van der Waals surface area (Å²) in [6.45, 7) is 5.52. The smallest absolute Gasteiger partial charge is 0.243 e. The Balaban J connectivity index is 1.60. The monoisotopic (exact) mass is 326 g/mol. The Hall–Kier alpha value is -2.69. The highest BCUT2D eigenvalue weighted by atomic mass is 16.6. The summed E-state index contributed by atoms with van der Waals surface area (Å²) in [4.78, 5) is 12.2. The van der Waals surface area contributed by atoms with Gasteiger partial charge in [-0.15, -0.1) is 0 Å². The van der Waals surface area contributed by atoms with Crippen LogP contribution in [0.5, 0.6) is 11.5 Å². The van der Waals surface area contributed by atoms with Crippen LogP contribution < -0.4 is 20.1 Å². The minimum atomic E-state index is -0.0852. The number of fused-ring (bicyclic) bond motifs is 1. The number of carbonyl (C=O) groups excluding carboxylic acids is 1. The van der Waals surface area contributed by atoms with E-state index in [1.807, 2.05) is 42.5 Å². The van der Waals surface area contributed by atoms with Crippen LogP contribution in [0.4, 0.5) is 11.4 Å². The van der Waals surface area contributed by atoms with Crippen LogP contribution in [-0.2, 0) is 4.79 Å². The van der Waals surface area contributed by atoms with Crippen molar-refractivity contribution in [3.05, 3.63) is 48.0 Å². The van der Waals surface area contributed by atoms with E-state index in [-0.39, 0.29) is 12.5 Å². The highest BCUT2D eigenvalue weighted by molar-refractivity contribution is 5.94. The number of ether oxygens (including phenoxy) is 2. The van der Waals surface area contributed by atoms with Crippen molar-refractivity contribution in [2.45, 2.75) is 19.8 Å². The molecule has 0 fully saturated rings. The summed E-state index contributed by atoms with van der Waals surface area (Å²) in [5, 5.41) is 6.08. The second-order valence-corrected chi connectivity index (χ2v) is 6.00. The number of anilines is 2. The van der Waals surface area contributed by atoms with Crippen LogP contribution in [0.2, 0.25) is 0 Å². The van der Waals surface area contributed by atoms with Crippen LogP contribution in [-0.4, -0.2) is 25.7 Å². The Morgan fingerprint density at radius 2 is 1.83 bits per heavy atom. The van der Waals surface area contributed by atoms with E-state index in [1.54, 1.807) is 0 Å². The Morgan fingerprint density at radius 3 is 2.62 bits per heavy atom. The van der Waals surface area contributed by atoms with Crippen LogP contribution >= 0.6 is 0 Å². The number of amides is 1. The molecule has 0 saturated heterocycles. The van der Waals surface area contributed by atoms with E-state index < -0.39 is 0 Å². The van der Waals surface area contributed by atoms with E-state index in [9.17, 15) is 4.79 Å². The van der Waals surface area contributed by atoms with Crippen LogP contribution in [0.15, 0.2) is 42.5 Å². The second-order valence-electron chi connectivity index (χ2n) is 6.00. The number of para-hydroxylation sites is 1. The van der Waals surface area contributed by atoms with E-state index in [0.29, 0.717) is 24.9 Å². The lowest BCUT2D eigenvalue weighted by molar-refractivity contribution is -0.114. The Morgan fingerprint density at radius 1 is 1.08 bits per heavy atom. The summed E-state index contributed by atoms with van der Waals surface area (Å²) < 4.78 is 11.0. The number of carbonyl (C=O) groups is 1. The molecule has 5 heteroatoms. The van der Waals surface area contributed by atoms with E-state index in [4.69, 9.17) is 9.47 Å². The molecule has 24 heavy (non-hydrogen) atoms. The summed E-state index contributed by atoms with van der Waals surface area (Å²) in [6, 6.07) is 13.5. The van der Waals surface area contributed by atoms with E-state index in [1.165, 1.54) is 0 Å². The topological polar surface area (TPSA) is 59.6 Å². The standard InChI is InChI=1S/C19H22N2O3/c1-13(2)15-5-3-4-6-16(15)21-19(22)12-20-14-7-8-17-18(11-14)24-10-9-23-17/h3-8,11,13,20H,9-10,12H2,1-2H3,(H,21,22). The van der Waals surface area contributed by atoms with Crippen molar-refractivity contribution in [3.63, 3.8) is 0 Å². The molecule has 2 aromatic rings. The molecule has 1 aliphatic heterocycles. The van der Waals surface area contributed by atoms with Gasteiger partial charge in [0.15, 0.2) is 11.5 Å². The van der Waals surface area contributed by atoms with Gasteiger partial charge >= 0.3 is 0 Å². The van der Waals surface area contributed by atoms with Crippen molar-refractivity contribution in [1.82, 2.24) is 0 Å². The largest absolute Gasteiger partial charge is 0.486 e. The van der Waals surface area contributed by atoms with E-state index >= 15 is 0 Å². The number of benzene rings is 2. The van der Waals surface area contributed by atoms with Gasteiger partial charge in [0.2, 0.25) is 5.91 Å². The SMILES string of the molecule is CC(C)c1ccccc1NC(=O)CNc1ccc2c(c1)OCCO2. The molecule has 5 nitrogen and oxygen atoms in total. The molecule has 3 rings (SSSR count). The normalized spacial score (nSPS) is 12.8. The van der Waals surface area contributed by atoms with Crippen LogP contribution in [0, 0.1) is 0 Å². The van der Waals surface area contributed by atoms with E-state index in [0.717, 1.165) is 22.7 Å². The first-order valence-corrected chi connectivity index (χ1v) is 8.16. The molecule has 2 N–H and O–H groups in total. The predicted octanol–water partition coefficient (Wildman–Crippen LogP) is 3.63. The lowest BCUT2D eigenvalue weighted by Crippen LogP contribution is -2.22. The molecule has 1 aliphatic rings. The first-order valence-electron chi connectivity index (χ1n) is 8.16. The number of hydrogen-bond acceptors (Lipinski definition) is 4. The Bertz CT molecular complexity index is 728. The van der Waals surface area contributed by atoms with Crippen molar-refractivity contribution in [1.29, 1.82) is 0 Å². The fraction of sp³-hybridized carbons (Fsp3) is 0.316. The van der Waals surface area contributed by atoms with Crippen molar-refractivity contribution in [2.24, 2.45) is 0 Å². The fourth-order valence-corrected chi connectivity index (χ4v) is 2.64. The Labute approximate surface area is 142 Å². The zero-order valence-electron chi connectivity index (χ0n) is 14.0. The van der Waals surface area contributed by atoms with Gasteiger partial charge in [-0.1, -0.05) is 32.0 Å². The van der Waals surface area contributed by atoms with Gasteiger partial charge in [0.05, 0.1) is 6.54 Å². The van der Waals surface area contributed by atoms with E-state index in [2.05, 4.69) is 24.5 Å². The third-order valence-corrected chi connectivity index (χ3v) is 3.85. The molecule has 0 bridgehead atoms. The average Bonchev–Trinajstić information content (AvgIpc) is 2.60. The summed E-state index contributed by atoms with van der Waals surface area (Å²) in [7, 11) is 0. The lowest BCUT2D eigenvalue weighted by Gasteiger charge is -2.19. The summed E-state index contributed by atoms with van der Waals surface area (Å²) >= 11 is 0. The first-order chi connectivity index (χ1) is 11.6. The van der Waals surface area contributed by atoms with Crippen molar-refractivity contribution in [2.75, 3.05) is 30.4 Å². The second kappa shape index (κ2) is 7.25. The van der Waals surface area contributed by atoms with Gasteiger partial charge in [0, 0.05) is 17.4 Å². The molecule has 0 saturated carbocycles. The zero-order chi connectivity index (χ0) is 16.9. The molecule has 0 aliphatic carbocycles. The molecule has 0 atom stereocenters. The molecule has 126 valence electrons. The third-order valence-electron chi connectivity index (χ3n) is 3.85. The van der Waals surface area contributed by atoms with Crippen molar-refractivity contribution < 1.29 is 14.3 Å². The quantitative estimate of drug-likeness (QED) is 0.881.